The molecule has 2 saturated heterocycles. The minimum absolute atomic E-state index is 0.482. The van der Waals surface area contributed by atoms with E-state index in [1.165, 1.54) is 0 Å². The van der Waals surface area contributed by atoms with Gasteiger partial charge in [0.15, 0.2) is 0 Å². The van der Waals surface area contributed by atoms with Gasteiger partial charge in [-0.1, -0.05) is 0 Å². The molecule has 0 spiro atoms. The number of nitrogens with zero attached hydrogens (tertiary/aromatic N) is 4. The summed E-state index contributed by atoms with van der Waals surface area (Å²) in [4.78, 5) is 8.82. The Kier molecular flexibility index (Phi) is 4.41. The van der Waals surface area contributed by atoms with Crippen molar-refractivity contribution in [1.29, 1.82) is 5.26 Å². The van der Waals surface area contributed by atoms with Gasteiger partial charge in [-0.25, -0.2) is 4.98 Å². The molecule has 3 rings (SSSR count). The van der Waals surface area contributed by atoms with Crippen molar-refractivity contribution >= 4 is 11.6 Å². The predicted molar refractivity (Wildman–Crippen MR) is 93.1 cm³/mol. The highest BCUT2D eigenvalue weighted by atomic mass is 16.3. The van der Waals surface area contributed by atoms with Gasteiger partial charge in [0.1, 0.15) is 17.7 Å². The second kappa shape index (κ2) is 6.23. The van der Waals surface area contributed by atoms with Gasteiger partial charge in [-0.2, -0.15) is 5.26 Å². The molecule has 1 aromatic rings. The number of anilines is 2. The van der Waals surface area contributed by atoms with Gasteiger partial charge in [0.05, 0.1) is 16.8 Å². The highest BCUT2D eigenvalue weighted by molar-refractivity contribution is 5.59. The maximum atomic E-state index is 10.4. The second-order valence-electron chi connectivity index (χ2n) is 7.70. The van der Waals surface area contributed by atoms with E-state index in [-0.39, 0.29) is 0 Å². The topological polar surface area (TPSA) is 83.6 Å². The molecular weight excluding hydrogens is 304 g/mol. The van der Waals surface area contributed by atoms with Crippen LogP contribution in [0.1, 0.15) is 45.1 Å². The lowest BCUT2D eigenvalue weighted by molar-refractivity contribution is 0.0446. The largest absolute Gasteiger partial charge is 0.388 e. The van der Waals surface area contributed by atoms with Crippen molar-refractivity contribution in [2.24, 2.45) is 0 Å². The molecule has 2 fully saturated rings. The Balaban J connectivity index is 1.90. The monoisotopic (exact) mass is 330 g/mol. The van der Waals surface area contributed by atoms with Gasteiger partial charge in [0, 0.05) is 26.2 Å². The van der Waals surface area contributed by atoms with E-state index in [1.54, 1.807) is 6.07 Å². The Morgan fingerprint density at radius 1 is 1.04 bits per heavy atom. The number of rotatable bonds is 2. The molecule has 24 heavy (non-hydrogen) atoms. The van der Waals surface area contributed by atoms with Crippen LogP contribution < -0.4 is 9.80 Å². The summed E-state index contributed by atoms with van der Waals surface area (Å²) >= 11 is 0. The summed E-state index contributed by atoms with van der Waals surface area (Å²) in [6.45, 7) is 6.35. The van der Waals surface area contributed by atoms with Crippen LogP contribution in [0.3, 0.4) is 0 Å². The first kappa shape index (κ1) is 17.0. The second-order valence-corrected chi connectivity index (χ2v) is 7.70. The average Bonchev–Trinajstić information content (AvgIpc) is 2.52. The molecule has 0 aromatic carbocycles. The van der Waals surface area contributed by atoms with Gasteiger partial charge in [0.2, 0.25) is 0 Å². The zero-order chi connectivity index (χ0) is 17.4. The lowest BCUT2D eigenvalue weighted by atomic mass is 9.94. The van der Waals surface area contributed by atoms with Crippen LogP contribution in [0, 0.1) is 11.3 Å². The number of aromatic nitrogens is 1. The maximum Gasteiger partial charge on any atom is 0.149 e. The zero-order valence-corrected chi connectivity index (χ0v) is 14.5. The normalized spacial score (nSPS) is 31.0. The van der Waals surface area contributed by atoms with Crippen LogP contribution in [0.25, 0.3) is 0 Å². The smallest absolute Gasteiger partial charge is 0.149 e. The SMILES string of the molecule is CC1(O)CCCN(c2ccc(C#N)c(N3CCCC(C)(O)C3)n2)C1. The molecule has 2 unspecified atom stereocenters. The number of aliphatic hydroxyl groups is 2. The molecule has 130 valence electrons. The quantitative estimate of drug-likeness (QED) is 0.858. The molecule has 2 atom stereocenters. The molecule has 0 radical (unpaired) electrons. The Labute approximate surface area is 143 Å². The highest BCUT2D eigenvalue weighted by Crippen LogP contribution is 2.30. The summed E-state index contributed by atoms with van der Waals surface area (Å²) in [5, 5.41) is 30.1. The van der Waals surface area contributed by atoms with E-state index < -0.39 is 11.2 Å². The summed E-state index contributed by atoms with van der Waals surface area (Å²) in [6.07, 6.45) is 3.35. The van der Waals surface area contributed by atoms with Crippen molar-refractivity contribution in [3.05, 3.63) is 17.7 Å². The standard InChI is InChI=1S/C18H26N4O2/c1-17(23)7-3-9-21(12-17)15-6-5-14(11-19)16(20-15)22-10-4-8-18(2,24)13-22/h5-6,23-24H,3-4,7-10,12-13H2,1-2H3. The fraction of sp³-hybridized carbons (Fsp3) is 0.667. The minimum atomic E-state index is -0.753. The molecule has 3 heterocycles. The number of pyridine rings is 1. The Morgan fingerprint density at radius 2 is 1.62 bits per heavy atom. The van der Waals surface area contributed by atoms with Gasteiger partial charge in [-0.15, -0.1) is 0 Å². The van der Waals surface area contributed by atoms with Crippen LogP contribution in [0.2, 0.25) is 0 Å². The van der Waals surface area contributed by atoms with Crippen LogP contribution in [0.5, 0.6) is 0 Å². The maximum absolute atomic E-state index is 10.4. The molecule has 2 aliphatic heterocycles. The van der Waals surface area contributed by atoms with Crippen LogP contribution in [0.15, 0.2) is 12.1 Å². The molecular formula is C18H26N4O2. The Hall–Kier alpha value is -1.84. The predicted octanol–water partition coefficient (Wildman–Crippen LogP) is 1.66. The lowest BCUT2D eigenvalue weighted by Gasteiger charge is -2.39. The Bertz CT molecular complexity index is 651. The van der Waals surface area contributed by atoms with Gasteiger partial charge < -0.3 is 20.0 Å². The number of piperidine rings is 2. The number of β-amino-alcohol motifs (C(OH)–C–C–N with tert-alkyl or cyclic N) is 2. The molecule has 0 saturated carbocycles. The van der Waals surface area contributed by atoms with Crippen molar-refractivity contribution in [3.63, 3.8) is 0 Å². The van der Waals surface area contributed by atoms with Gasteiger partial charge in [-0.3, -0.25) is 0 Å². The Morgan fingerprint density at radius 3 is 2.21 bits per heavy atom. The van der Waals surface area contributed by atoms with Crippen molar-refractivity contribution in [1.82, 2.24) is 4.98 Å². The third kappa shape index (κ3) is 3.63. The van der Waals surface area contributed by atoms with E-state index in [0.29, 0.717) is 24.5 Å². The van der Waals surface area contributed by atoms with Crippen LogP contribution in [0.4, 0.5) is 11.6 Å². The molecule has 2 N–H and O–H groups in total. The summed E-state index contributed by atoms with van der Waals surface area (Å²) in [5.74, 6) is 1.43. The average molecular weight is 330 g/mol. The van der Waals surface area contributed by atoms with Gasteiger partial charge in [0.25, 0.3) is 0 Å². The van der Waals surface area contributed by atoms with Crippen LogP contribution in [-0.4, -0.2) is 52.6 Å². The van der Waals surface area contributed by atoms with Crippen molar-refractivity contribution in [3.8, 4) is 6.07 Å². The first-order valence-corrected chi connectivity index (χ1v) is 8.66. The van der Waals surface area contributed by atoms with Crippen LogP contribution in [-0.2, 0) is 0 Å². The van der Waals surface area contributed by atoms with Crippen molar-refractivity contribution in [2.45, 2.75) is 50.7 Å². The zero-order valence-electron chi connectivity index (χ0n) is 14.5. The van der Waals surface area contributed by atoms with E-state index >= 15 is 0 Å². The number of hydrogen-bond donors (Lipinski definition) is 2. The molecule has 6 nitrogen and oxygen atoms in total. The first-order chi connectivity index (χ1) is 11.3. The number of nitriles is 1. The fourth-order valence-electron chi connectivity index (χ4n) is 3.76. The van der Waals surface area contributed by atoms with E-state index in [2.05, 4.69) is 11.0 Å². The molecule has 0 aliphatic carbocycles. The summed E-state index contributed by atoms with van der Waals surface area (Å²) in [6, 6.07) is 5.86. The van der Waals surface area contributed by atoms with Crippen LogP contribution >= 0.6 is 0 Å². The third-order valence-corrected chi connectivity index (χ3v) is 4.95. The molecule has 6 heteroatoms. The van der Waals surface area contributed by atoms with E-state index in [1.807, 2.05) is 24.8 Å². The van der Waals surface area contributed by atoms with E-state index in [0.717, 1.165) is 44.6 Å². The van der Waals surface area contributed by atoms with Crippen molar-refractivity contribution in [2.75, 3.05) is 36.0 Å². The lowest BCUT2D eigenvalue weighted by Crippen LogP contribution is -2.48. The van der Waals surface area contributed by atoms with Gasteiger partial charge in [-0.05, 0) is 51.7 Å². The van der Waals surface area contributed by atoms with Crippen molar-refractivity contribution < 1.29 is 10.2 Å². The van der Waals surface area contributed by atoms with E-state index in [9.17, 15) is 15.5 Å². The summed E-state index contributed by atoms with van der Waals surface area (Å²) < 4.78 is 0. The molecule has 2 aliphatic rings. The molecule has 1 aromatic heterocycles. The molecule has 0 amide bonds. The van der Waals surface area contributed by atoms with E-state index in [4.69, 9.17) is 4.98 Å². The minimum Gasteiger partial charge on any atom is -0.388 e. The molecule has 0 bridgehead atoms. The fourth-order valence-corrected chi connectivity index (χ4v) is 3.76. The first-order valence-electron chi connectivity index (χ1n) is 8.66. The summed E-state index contributed by atoms with van der Waals surface area (Å²) in [5.41, 5.74) is -0.930. The number of hydrogen-bond acceptors (Lipinski definition) is 6. The summed E-state index contributed by atoms with van der Waals surface area (Å²) in [7, 11) is 0. The third-order valence-electron chi connectivity index (χ3n) is 4.95. The van der Waals surface area contributed by atoms with Gasteiger partial charge >= 0.3 is 0 Å². The highest BCUT2D eigenvalue weighted by Gasteiger charge is 2.32.